The van der Waals surface area contributed by atoms with Gasteiger partial charge in [0, 0.05) is 18.5 Å². The number of piperidine rings is 1. The molecule has 6 heteroatoms. The summed E-state index contributed by atoms with van der Waals surface area (Å²) in [5.41, 5.74) is 8.07. The molecule has 0 radical (unpaired) electrons. The molecule has 2 aromatic carbocycles. The lowest BCUT2D eigenvalue weighted by molar-refractivity contribution is -0.121. The monoisotopic (exact) mass is 373 g/mol. The zero-order chi connectivity index (χ0) is 18.5. The van der Waals surface area contributed by atoms with Gasteiger partial charge in [-0.25, -0.2) is 0 Å². The second-order valence-corrected chi connectivity index (χ2v) is 7.01. The highest BCUT2D eigenvalue weighted by atomic mass is 35.5. The number of nitrogen functional groups attached to an aromatic ring is 1. The molecular weight excluding hydrogens is 350 g/mol. The zero-order valence-corrected chi connectivity index (χ0v) is 15.6. The van der Waals surface area contributed by atoms with Gasteiger partial charge in [0.2, 0.25) is 5.91 Å². The van der Waals surface area contributed by atoms with Gasteiger partial charge in [0.1, 0.15) is 5.75 Å². The van der Waals surface area contributed by atoms with E-state index in [-0.39, 0.29) is 11.8 Å². The van der Waals surface area contributed by atoms with Crippen molar-refractivity contribution in [3.63, 3.8) is 0 Å². The number of methoxy groups -OCH3 is 1. The maximum absolute atomic E-state index is 12.6. The number of rotatable bonds is 5. The maximum Gasteiger partial charge on any atom is 0.227 e. The average Bonchev–Trinajstić information content (AvgIpc) is 2.66. The summed E-state index contributed by atoms with van der Waals surface area (Å²) in [6, 6.07) is 13.7. The summed E-state index contributed by atoms with van der Waals surface area (Å²) in [5.74, 6) is 0.508. The molecule has 2 aromatic rings. The molecule has 0 spiro atoms. The molecule has 138 valence electrons. The van der Waals surface area contributed by atoms with Gasteiger partial charge in [-0.05, 0) is 37.6 Å². The van der Waals surface area contributed by atoms with Gasteiger partial charge in [-0.15, -0.1) is 0 Å². The minimum atomic E-state index is -0.0111. The van der Waals surface area contributed by atoms with Crippen LogP contribution in [-0.2, 0) is 11.3 Å². The SMILES string of the molecule is COc1cc(N)c(Cl)cc1NC(=O)C1CCN(Cc2ccccc2)CC1. The Balaban J connectivity index is 1.56. The second kappa shape index (κ2) is 8.43. The van der Waals surface area contributed by atoms with E-state index in [0.717, 1.165) is 32.5 Å². The van der Waals surface area contributed by atoms with E-state index >= 15 is 0 Å². The number of amides is 1. The van der Waals surface area contributed by atoms with E-state index in [1.807, 2.05) is 6.07 Å². The Bertz CT molecular complexity index is 759. The van der Waals surface area contributed by atoms with Gasteiger partial charge >= 0.3 is 0 Å². The Labute approximate surface area is 159 Å². The fourth-order valence-electron chi connectivity index (χ4n) is 3.27. The van der Waals surface area contributed by atoms with Gasteiger partial charge < -0.3 is 15.8 Å². The summed E-state index contributed by atoms with van der Waals surface area (Å²) >= 11 is 6.07. The van der Waals surface area contributed by atoms with E-state index in [4.69, 9.17) is 22.1 Å². The lowest BCUT2D eigenvalue weighted by Crippen LogP contribution is -2.37. The predicted molar refractivity (Wildman–Crippen MR) is 105 cm³/mol. The Hall–Kier alpha value is -2.24. The highest BCUT2D eigenvalue weighted by Crippen LogP contribution is 2.33. The van der Waals surface area contributed by atoms with E-state index in [0.29, 0.717) is 22.1 Å². The minimum absolute atomic E-state index is 0.00324. The number of halogens is 1. The lowest BCUT2D eigenvalue weighted by Gasteiger charge is -2.31. The number of anilines is 2. The molecule has 26 heavy (non-hydrogen) atoms. The van der Waals surface area contributed by atoms with Crippen LogP contribution < -0.4 is 15.8 Å². The molecule has 0 saturated carbocycles. The minimum Gasteiger partial charge on any atom is -0.494 e. The summed E-state index contributed by atoms with van der Waals surface area (Å²) in [6.07, 6.45) is 1.67. The molecule has 3 N–H and O–H groups in total. The summed E-state index contributed by atoms with van der Waals surface area (Å²) in [4.78, 5) is 15.0. The maximum atomic E-state index is 12.6. The van der Waals surface area contributed by atoms with Gasteiger partial charge in [0.25, 0.3) is 0 Å². The number of nitrogens with zero attached hydrogens (tertiary/aromatic N) is 1. The zero-order valence-electron chi connectivity index (χ0n) is 14.9. The van der Waals surface area contributed by atoms with Crippen molar-refractivity contribution < 1.29 is 9.53 Å². The number of likely N-dealkylation sites (tertiary alicyclic amines) is 1. The molecule has 0 aliphatic carbocycles. The number of hydrogen-bond acceptors (Lipinski definition) is 4. The van der Waals surface area contributed by atoms with E-state index in [1.54, 1.807) is 19.2 Å². The van der Waals surface area contributed by atoms with E-state index < -0.39 is 0 Å². The highest BCUT2D eigenvalue weighted by Gasteiger charge is 2.25. The fraction of sp³-hybridized carbons (Fsp3) is 0.350. The molecular formula is C20H24ClN3O2. The molecule has 5 nitrogen and oxygen atoms in total. The number of ether oxygens (including phenoxy) is 1. The summed E-state index contributed by atoms with van der Waals surface area (Å²) in [5, 5.41) is 3.34. The topological polar surface area (TPSA) is 67.6 Å². The Morgan fingerprint density at radius 2 is 1.96 bits per heavy atom. The molecule has 0 aromatic heterocycles. The van der Waals surface area contributed by atoms with Gasteiger partial charge in [0.05, 0.1) is 23.5 Å². The van der Waals surface area contributed by atoms with Crippen LogP contribution in [-0.4, -0.2) is 31.0 Å². The molecule has 3 rings (SSSR count). The number of carbonyl (C=O) groups excluding carboxylic acids is 1. The Kier molecular flexibility index (Phi) is 6.01. The average molecular weight is 374 g/mol. The van der Waals surface area contributed by atoms with Gasteiger partial charge in [-0.2, -0.15) is 0 Å². The summed E-state index contributed by atoms with van der Waals surface area (Å²) in [6.45, 7) is 2.75. The van der Waals surface area contributed by atoms with Crippen molar-refractivity contribution in [2.24, 2.45) is 5.92 Å². The first-order chi connectivity index (χ1) is 12.6. The van der Waals surface area contributed by atoms with Crippen LogP contribution in [0.1, 0.15) is 18.4 Å². The van der Waals surface area contributed by atoms with Crippen molar-refractivity contribution in [2.75, 3.05) is 31.2 Å². The third kappa shape index (κ3) is 4.48. The fourth-order valence-corrected chi connectivity index (χ4v) is 3.43. The van der Waals surface area contributed by atoms with E-state index in [9.17, 15) is 4.79 Å². The van der Waals surface area contributed by atoms with E-state index in [1.165, 1.54) is 5.56 Å². The molecule has 1 heterocycles. The van der Waals surface area contributed by atoms with Crippen LogP contribution in [0.2, 0.25) is 5.02 Å². The van der Waals surface area contributed by atoms with Gasteiger partial charge in [-0.1, -0.05) is 41.9 Å². The van der Waals surface area contributed by atoms with Gasteiger partial charge in [-0.3, -0.25) is 9.69 Å². The van der Waals surface area contributed by atoms with Crippen LogP contribution in [0.5, 0.6) is 5.75 Å². The number of hydrogen-bond donors (Lipinski definition) is 2. The number of nitrogens with one attached hydrogen (secondary N) is 1. The van der Waals surface area contributed by atoms with Crippen molar-refractivity contribution in [3.05, 3.63) is 53.1 Å². The van der Waals surface area contributed by atoms with Crippen molar-refractivity contribution in [2.45, 2.75) is 19.4 Å². The first-order valence-electron chi connectivity index (χ1n) is 8.77. The van der Waals surface area contributed by atoms with E-state index in [2.05, 4.69) is 34.5 Å². The van der Waals surface area contributed by atoms with Crippen molar-refractivity contribution in [1.82, 2.24) is 4.90 Å². The molecule has 1 aliphatic heterocycles. The third-order valence-corrected chi connectivity index (χ3v) is 5.11. The smallest absolute Gasteiger partial charge is 0.227 e. The van der Waals surface area contributed by atoms with Crippen LogP contribution in [0.15, 0.2) is 42.5 Å². The number of benzene rings is 2. The molecule has 1 saturated heterocycles. The van der Waals surface area contributed by atoms with Crippen LogP contribution in [0, 0.1) is 5.92 Å². The first-order valence-corrected chi connectivity index (χ1v) is 9.14. The van der Waals surface area contributed by atoms with Gasteiger partial charge in [0.15, 0.2) is 0 Å². The molecule has 1 fully saturated rings. The molecule has 1 amide bonds. The Morgan fingerprint density at radius 3 is 2.62 bits per heavy atom. The standard InChI is InChI=1S/C20H24ClN3O2/c1-26-19-12-17(22)16(21)11-18(19)23-20(25)15-7-9-24(10-8-15)13-14-5-3-2-4-6-14/h2-6,11-12,15H,7-10,13,22H2,1H3,(H,23,25). The summed E-state index contributed by atoms with van der Waals surface area (Å²) in [7, 11) is 1.54. The lowest BCUT2D eigenvalue weighted by atomic mass is 9.95. The molecule has 0 atom stereocenters. The Morgan fingerprint density at radius 1 is 1.27 bits per heavy atom. The summed E-state index contributed by atoms with van der Waals surface area (Å²) < 4.78 is 5.29. The first kappa shape index (κ1) is 18.5. The molecule has 0 bridgehead atoms. The highest BCUT2D eigenvalue weighted by molar-refractivity contribution is 6.33. The molecule has 0 unspecified atom stereocenters. The van der Waals surface area contributed by atoms with Crippen molar-refractivity contribution >= 4 is 28.9 Å². The number of nitrogens with two attached hydrogens (primary N) is 1. The predicted octanol–water partition coefficient (Wildman–Crippen LogP) is 3.78. The van der Waals surface area contributed by atoms with Crippen LogP contribution in [0.25, 0.3) is 0 Å². The second-order valence-electron chi connectivity index (χ2n) is 6.60. The number of carbonyl (C=O) groups is 1. The van der Waals surface area contributed by atoms with Crippen LogP contribution in [0.4, 0.5) is 11.4 Å². The molecule has 1 aliphatic rings. The van der Waals surface area contributed by atoms with Crippen molar-refractivity contribution in [1.29, 1.82) is 0 Å². The normalized spacial score (nSPS) is 15.6. The van der Waals surface area contributed by atoms with Crippen LogP contribution >= 0.6 is 11.6 Å². The van der Waals surface area contributed by atoms with Crippen molar-refractivity contribution in [3.8, 4) is 5.75 Å². The van der Waals surface area contributed by atoms with Crippen LogP contribution in [0.3, 0.4) is 0 Å². The quantitative estimate of drug-likeness (QED) is 0.782. The largest absolute Gasteiger partial charge is 0.494 e. The third-order valence-electron chi connectivity index (χ3n) is 4.78.